The fourth-order valence-corrected chi connectivity index (χ4v) is 1.89. The van der Waals surface area contributed by atoms with Gasteiger partial charge < -0.3 is 5.11 Å². The first-order valence-electron chi connectivity index (χ1n) is 4.76. The van der Waals surface area contributed by atoms with E-state index in [2.05, 4.69) is 0 Å². The molecule has 4 heteroatoms. The number of aliphatic hydroxyl groups excluding tert-OH is 1. The maximum Gasteiger partial charge on any atom is 0.152 e. The molecule has 3 nitrogen and oxygen atoms in total. The van der Waals surface area contributed by atoms with Crippen molar-refractivity contribution >= 4 is 9.84 Å². The molecule has 0 amide bonds. The number of hydrogen-bond donors (Lipinski definition) is 1. The van der Waals surface area contributed by atoms with Crippen LogP contribution in [0.25, 0.3) is 0 Å². The van der Waals surface area contributed by atoms with Crippen LogP contribution in [-0.4, -0.2) is 25.0 Å². The molecule has 0 spiro atoms. The Kier molecular flexibility index (Phi) is 3.52. The number of aliphatic hydroxyl groups is 1. The molecule has 2 unspecified atom stereocenters. The summed E-state index contributed by atoms with van der Waals surface area (Å²) in [6.45, 7) is 3.45. The molecule has 1 aromatic carbocycles. The summed E-state index contributed by atoms with van der Waals surface area (Å²) < 4.78 is 22.5. The van der Waals surface area contributed by atoms with Crippen LogP contribution in [-0.2, 0) is 9.84 Å². The Morgan fingerprint density at radius 2 is 1.67 bits per heavy atom. The maximum atomic E-state index is 11.3. The third-order valence-corrected chi connectivity index (χ3v) is 4.15. The first-order valence-corrected chi connectivity index (χ1v) is 6.71. The smallest absolute Gasteiger partial charge is 0.152 e. The first-order chi connectivity index (χ1) is 6.82. The number of aryl methyl sites for hydroxylation is 1. The van der Waals surface area contributed by atoms with Crippen LogP contribution in [0.1, 0.15) is 24.2 Å². The lowest BCUT2D eigenvalue weighted by Gasteiger charge is -2.17. The number of rotatable bonds is 3. The van der Waals surface area contributed by atoms with Gasteiger partial charge in [0.1, 0.15) is 0 Å². The Labute approximate surface area is 90.7 Å². The Balaban J connectivity index is 2.95. The summed E-state index contributed by atoms with van der Waals surface area (Å²) in [6.07, 6.45) is 0.176. The van der Waals surface area contributed by atoms with Crippen LogP contribution >= 0.6 is 0 Å². The van der Waals surface area contributed by atoms with Crippen molar-refractivity contribution in [2.75, 3.05) is 6.26 Å². The molecule has 0 radical (unpaired) electrons. The maximum absolute atomic E-state index is 11.3. The molecule has 1 aromatic rings. The molecule has 84 valence electrons. The van der Waals surface area contributed by atoms with E-state index in [1.54, 1.807) is 12.1 Å². The lowest BCUT2D eigenvalue weighted by molar-refractivity contribution is 0.176. The fourth-order valence-electron chi connectivity index (χ4n) is 1.27. The van der Waals surface area contributed by atoms with E-state index < -0.39 is 21.2 Å². The van der Waals surface area contributed by atoms with Crippen molar-refractivity contribution in [3.05, 3.63) is 35.4 Å². The SMILES string of the molecule is Cc1ccc(C(O)C(C)S(C)(=O)=O)cc1. The van der Waals surface area contributed by atoms with E-state index in [1.165, 1.54) is 6.92 Å². The van der Waals surface area contributed by atoms with Gasteiger partial charge in [0.05, 0.1) is 11.4 Å². The predicted molar refractivity (Wildman–Crippen MR) is 60.4 cm³/mol. The molecule has 0 saturated heterocycles. The van der Waals surface area contributed by atoms with Crippen LogP contribution in [0.4, 0.5) is 0 Å². The quantitative estimate of drug-likeness (QED) is 0.852. The van der Waals surface area contributed by atoms with Crippen molar-refractivity contribution < 1.29 is 13.5 Å². The third-order valence-electron chi connectivity index (χ3n) is 2.54. The highest BCUT2D eigenvalue weighted by Crippen LogP contribution is 2.21. The molecule has 1 N–H and O–H groups in total. The van der Waals surface area contributed by atoms with E-state index in [0.717, 1.165) is 11.8 Å². The van der Waals surface area contributed by atoms with Gasteiger partial charge in [0, 0.05) is 6.26 Å². The second-order valence-corrected chi connectivity index (χ2v) is 6.29. The van der Waals surface area contributed by atoms with Crippen molar-refractivity contribution in [2.45, 2.75) is 25.2 Å². The Bertz CT molecular complexity index is 420. The zero-order valence-electron chi connectivity index (χ0n) is 9.14. The molecule has 0 aliphatic rings. The van der Waals surface area contributed by atoms with Gasteiger partial charge in [0.15, 0.2) is 9.84 Å². The van der Waals surface area contributed by atoms with Gasteiger partial charge in [-0.3, -0.25) is 0 Å². The molecule has 0 heterocycles. The monoisotopic (exact) mass is 228 g/mol. The van der Waals surface area contributed by atoms with E-state index in [-0.39, 0.29) is 0 Å². The summed E-state index contributed by atoms with van der Waals surface area (Å²) in [5.41, 5.74) is 1.72. The Morgan fingerprint density at radius 1 is 1.20 bits per heavy atom. The summed E-state index contributed by atoms with van der Waals surface area (Å²) in [4.78, 5) is 0. The summed E-state index contributed by atoms with van der Waals surface area (Å²) in [5.74, 6) is 0. The highest BCUT2D eigenvalue weighted by molar-refractivity contribution is 7.91. The van der Waals surface area contributed by atoms with E-state index >= 15 is 0 Å². The van der Waals surface area contributed by atoms with Crippen molar-refractivity contribution in [2.24, 2.45) is 0 Å². The minimum absolute atomic E-state index is 0.638. The summed E-state index contributed by atoms with van der Waals surface area (Å²) in [6, 6.07) is 7.21. The van der Waals surface area contributed by atoms with Gasteiger partial charge in [-0.1, -0.05) is 29.8 Å². The van der Waals surface area contributed by atoms with Crippen LogP contribution in [0.3, 0.4) is 0 Å². The predicted octanol–water partition coefficient (Wildman–Crippen LogP) is 1.46. The fraction of sp³-hybridized carbons (Fsp3) is 0.455. The van der Waals surface area contributed by atoms with Crippen LogP contribution in [0.5, 0.6) is 0 Å². The summed E-state index contributed by atoms with van der Waals surface area (Å²) in [7, 11) is -3.21. The molecule has 0 fully saturated rings. The van der Waals surface area contributed by atoms with Crippen LogP contribution in [0.2, 0.25) is 0 Å². The minimum Gasteiger partial charge on any atom is -0.387 e. The van der Waals surface area contributed by atoms with E-state index in [0.29, 0.717) is 5.56 Å². The average molecular weight is 228 g/mol. The van der Waals surface area contributed by atoms with Gasteiger partial charge in [-0.25, -0.2) is 8.42 Å². The van der Waals surface area contributed by atoms with Gasteiger partial charge in [0.2, 0.25) is 0 Å². The zero-order chi connectivity index (χ0) is 11.6. The third kappa shape index (κ3) is 3.04. The first kappa shape index (κ1) is 12.2. The second kappa shape index (κ2) is 4.33. The zero-order valence-corrected chi connectivity index (χ0v) is 9.95. The lowest BCUT2D eigenvalue weighted by Crippen LogP contribution is -2.24. The van der Waals surface area contributed by atoms with E-state index in [4.69, 9.17) is 0 Å². The molecule has 0 saturated carbocycles. The molecule has 15 heavy (non-hydrogen) atoms. The van der Waals surface area contributed by atoms with Crippen molar-refractivity contribution in [1.29, 1.82) is 0 Å². The largest absolute Gasteiger partial charge is 0.387 e. The Hall–Kier alpha value is -0.870. The number of benzene rings is 1. The molecule has 0 aliphatic carbocycles. The van der Waals surface area contributed by atoms with Gasteiger partial charge in [-0.15, -0.1) is 0 Å². The number of sulfone groups is 1. The van der Waals surface area contributed by atoms with E-state index in [1.807, 2.05) is 19.1 Å². The molecule has 0 aromatic heterocycles. The van der Waals surface area contributed by atoms with Crippen LogP contribution < -0.4 is 0 Å². The number of hydrogen-bond acceptors (Lipinski definition) is 3. The second-order valence-electron chi connectivity index (χ2n) is 3.89. The minimum atomic E-state index is -3.21. The van der Waals surface area contributed by atoms with Crippen LogP contribution in [0, 0.1) is 6.92 Å². The molecule has 1 rings (SSSR count). The lowest BCUT2D eigenvalue weighted by atomic mass is 10.1. The van der Waals surface area contributed by atoms with Gasteiger partial charge in [0.25, 0.3) is 0 Å². The van der Waals surface area contributed by atoms with Gasteiger partial charge in [-0.2, -0.15) is 0 Å². The molecular weight excluding hydrogens is 212 g/mol. The van der Waals surface area contributed by atoms with Gasteiger partial charge >= 0.3 is 0 Å². The molecule has 0 aliphatic heterocycles. The topological polar surface area (TPSA) is 54.4 Å². The average Bonchev–Trinajstić information content (AvgIpc) is 2.15. The normalized spacial score (nSPS) is 16.0. The highest BCUT2D eigenvalue weighted by atomic mass is 32.2. The molecular formula is C11H16O3S. The molecule has 2 atom stereocenters. The van der Waals surface area contributed by atoms with Crippen molar-refractivity contribution in [3.8, 4) is 0 Å². The highest BCUT2D eigenvalue weighted by Gasteiger charge is 2.25. The summed E-state index contributed by atoms with van der Waals surface area (Å²) >= 11 is 0. The van der Waals surface area contributed by atoms with Crippen LogP contribution in [0.15, 0.2) is 24.3 Å². The van der Waals surface area contributed by atoms with E-state index in [9.17, 15) is 13.5 Å². The van der Waals surface area contributed by atoms with Gasteiger partial charge in [-0.05, 0) is 19.4 Å². The molecule has 0 bridgehead atoms. The Morgan fingerprint density at radius 3 is 2.07 bits per heavy atom. The van der Waals surface area contributed by atoms with Crippen molar-refractivity contribution in [1.82, 2.24) is 0 Å². The van der Waals surface area contributed by atoms with Crippen molar-refractivity contribution in [3.63, 3.8) is 0 Å². The standard InChI is InChI=1S/C11H16O3S/c1-8-4-6-10(7-5-8)11(12)9(2)15(3,13)14/h4-7,9,11-12H,1-3H3. The summed E-state index contributed by atoms with van der Waals surface area (Å²) in [5, 5.41) is 9.06.